The number of halogens is 1. The van der Waals surface area contributed by atoms with Crippen molar-refractivity contribution in [2.75, 3.05) is 18.1 Å². The number of hydrogen-bond acceptors (Lipinski definition) is 7. The van der Waals surface area contributed by atoms with Gasteiger partial charge in [0, 0.05) is 17.2 Å². The molecule has 1 unspecified atom stereocenters. The lowest BCUT2D eigenvalue weighted by molar-refractivity contribution is -0.384. The Morgan fingerprint density at radius 1 is 1.03 bits per heavy atom. The standard InChI is InChI=1S/C22H20ClN3O7/c1-3-32-20(27)17-18(13-5-9-16(10-6-13)26(30)31)24-22(29)25(19(17)21(28)33-4-2)15-11-7-14(23)8-12-15/h5-12,18H,3-4H2,1-2H3,(H,24,29). The summed E-state index contributed by atoms with van der Waals surface area (Å²) in [6.45, 7) is 3.20. The van der Waals surface area contributed by atoms with E-state index in [1.165, 1.54) is 48.5 Å². The third-order valence-electron chi connectivity index (χ3n) is 4.72. The first-order valence-corrected chi connectivity index (χ1v) is 10.3. The Labute approximate surface area is 193 Å². The van der Waals surface area contributed by atoms with Crippen LogP contribution in [0.25, 0.3) is 0 Å². The van der Waals surface area contributed by atoms with E-state index in [2.05, 4.69) is 5.32 Å². The summed E-state index contributed by atoms with van der Waals surface area (Å²) in [5, 5.41) is 14.1. The zero-order valence-electron chi connectivity index (χ0n) is 17.7. The Morgan fingerprint density at radius 3 is 2.15 bits per heavy atom. The van der Waals surface area contributed by atoms with Crippen LogP contribution in [0.15, 0.2) is 59.8 Å². The van der Waals surface area contributed by atoms with Crippen LogP contribution < -0.4 is 10.2 Å². The van der Waals surface area contributed by atoms with Gasteiger partial charge < -0.3 is 14.8 Å². The van der Waals surface area contributed by atoms with Crippen molar-refractivity contribution in [1.82, 2.24) is 5.32 Å². The molecule has 0 bridgehead atoms. The van der Waals surface area contributed by atoms with Gasteiger partial charge in [-0.3, -0.25) is 15.0 Å². The van der Waals surface area contributed by atoms with Crippen LogP contribution in [0.3, 0.4) is 0 Å². The molecule has 1 atom stereocenters. The van der Waals surface area contributed by atoms with Crippen LogP contribution in [-0.4, -0.2) is 36.1 Å². The van der Waals surface area contributed by atoms with E-state index in [0.29, 0.717) is 10.6 Å². The lowest BCUT2D eigenvalue weighted by Crippen LogP contribution is -2.51. The summed E-state index contributed by atoms with van der Waals surface area (Å²) < 4.78 is 10.3. The molecule has 0 saturated carbocycles. The third kappa shape index (κ3) is 4.96. The summed E-state index contributed by atoms with van der Waals surface area (Å²) in [4.78, 5) is 50.6. The first-order chi connectivity index (χ1) is 15.8. The van der Waals surface area contributed by atoms with Gasteiger partial charge in [0.2, 0.25) is 0 Å². The van der Waals surface area contributed by atoms with Crippen molar-refractivity contribution in [3.63, 3.8) is 0 Å². The van der Waals surface area contributed by atoms with Crippen LogP contribution in [0.5, 0.6) is 0 Å². The molecule has 2 aromatic carbocycles. The van der Waals surface area contributed by atoms with Crippen LogP contribution >= 0.6 is 11.6 Å². The summed E-state index contributed by atoms with van der Waals surface area (Å²) in [7, 11) is 0. The van der Waals surface area contributed by atoms with Gasteiger partial charge in [-0.1, -0.05) is 11.6 Å². The van der Waals surface area contributed by atoms with Crippen molar-refractivity contribution in [3.05, 3.63) is 80.5 Å². The van der Waals surface area contributed by atoms with Crippen LogP contribution in [0, 0.1) is 10.1 Å². The fraction of sp³-hybridized carbons (Fsp3) is 0.227. The summed E-state index contributed by atoms with van der Waals surface area (Å²) in [6.07, 6.45) is 0. The number of nitro groups is 1. The largest absolute Gasteiger partial charge is 0.463 e. The highest BCUT2D eigenvalue weighted by Crippen LogP contribution is 2.35. The number of anilines is 1. The number of carbonyl (C=O) groups is 3. The van der Waals surface area contributed by atoms with E-state index in [-0.39, 0.29) is 35.9 Å². The predicted octanol–water partition coefficient (Wildman–Crippen LogP) is 3.90. The monoisotopic (exact) mass is 473 g/mol. The van der Waals surface area contributed by atoms with E-state index < -0.39 is 28.9 Å². The second-order valence-corrected chi connectivity index (χ2v) is 7.18. The molecule has 0 radical (unpaired) electrons. The number of hydrogen-bond donors (Lipinski definition) is 1. The third-order valence-corrected chi connectivity index (χ3v) is 4.98. The molecule has 1 aliphatic heterocycles. The number of urea groups is 1. The minimum Gasteiger partial charge on any atom is -0.463 e. The van der Waals surface area contributed by atoms with E-state index in [9.17, 15) is 24.5 Å². The number of amides is 2. The summed E-state index contributed by atoms with van der Waals surface area (Å²) in [5.74, 6) is -1.75. The van der Waals surface area contributed by atoms with Crippen molar-refractivity contribution in [1.29, 1.82) is 0 Å². The number of nitrogens with zero attached hydrogens (tertiary/aromatic N) is 2. The molecule has 11 heteroatoms. The number of non-ortho nitro benzene ring substituents is 1. The Balaban J connectivity index is 2.24. The average molecular weight is 474 g/mol. The topological polar surface area (TPSA) is 128 Å². The zero-order valence-corrected chi connectivity index (χ0v) is 18.5. The van der Waals surface area contributed by atoms with Gasteiger partial charge in [-0.2, -0.15) is 0 Å². The maximum Gasteiger partial charge on any atom is 0.356 e. The molecule has 2 amide bonds. The van der Waals surface area contributed by atoms with E-state index in [1.54, 1.807) is 13.8 Å². The number of ether oxygens (including phenoxy) is 2. The van der Waals surface area contributed by atoms with Gasteiger partial charge in [-0.15, -0.1) is 0 Å². The normalized spacial score (nSPS) is 15.7. The highest BCUT2D eigenvalue weighted by Gasteiger charge is 2.42. The average Bonchev–Trinajstić information content (AvgIpc) is 2.79. The number of benzene rings is 2. The van der Waals surface area contributed by atoms with Crippen LogP contribution in [-0.2, 0) is 19.1 Å². The van der Waals surface area contributed by atoms with Crippen molar-refractivity contribution < 1.29 is 28.8 Å². The highest BCUT2D eigenvalue weighted by molar-refractivity contribution is 6.30. The minimum absolute atomic E-state index is 0.00326. The quantitative estimate of drug-likeness (QED) is 0.367. The SMILES string of the molecule is CCOC(=O)C1=C(C(=O)OCC)N(c2ccc(Cl)cc2)C(=O)NC1c1ccc([N+](=O)[O-])cc1. The molecule has 1 aliphatic rings. The molecule has 0 fully saturated rings. The summed E-state index contributed by atoms with van der Waals surface area (Å²) in [6, 6.07) is 9.51. The van der Waals surface area contributed by atoms with Gasteiger partial charge in [0.25, 0.3) is 5.69 Å². The summed E-state index contributed by atoms with van der Waals surface area (Å²) in [5.41, 5.74) is -0.0437. The molecular formula is C22H20ClN3O7. The lowest BCUT2D eigenvalue weighted by atomic mass is 9.94. The molecule has 3 rings (SSSR count). The molecular weight excluding hydrogens is 454 g/mol. The minimum atomic E-state index is -1.11. The lowest BCUT2D eigenvalue weighted by Gasteiger charge is -2.35. The number of rotatable bonds is 7. The van der Waals surface area contributed by atoms with Crippen LogP contribution in [0.2, 0.25) is 5.02 Å². The highest BCUT2D eigenvalue weighted by atomic mass is 35.5. The molecule has 2 aromatic rings. The Kier molecular flexibility index (Phi) is 7.29. The van der Waals surface area contributed by atoms with Crippen molar-refractivity contribution in [2.24, 2.45) is 0 Å². The Hall–Kier alpha value is -3.92. The fourth-order valence-corrected chi connectivity index (χ4v) is 3.44. The number of nitro benzene ring substituents is 1. The van der Waals surface area contributed by atoms with Gasteiger partial charge in [0.15, 0.2) is 0 Å². The molecule has 1 N–H and O–H groups in total. The molecule has 172 valence electrons. The first-order valence-electron chi connectivity index (χ1n) is 9.97. The molecule has 0 spiro atoms. The second-order valence-electron chi connectivity index (χ2n) is 6.75. The van der Waals surface area contributed by atoms with Crippen LogP contribution in [0.1, 0.15) is 25.5 Å². The second kappa shape index (κ2) is 10.1. The predicted molar refractivity (Wildman–Crippen MR) is 119 cm³/mol. The van der Waals surface area contributed by atoms with E-state index in [0.717, 1.165) is 4.90 Å². The van der Waals surface area contributed by atoms with E-state index in [4.69, 9.17) is 21.1 Å². The summed E-state index contributed by atoms with van der Waals surface area (Å²) >= 11 is 5.95. The molecule has 1 heterocycles. The van der Waals surface area contributed by atoms with Crippen molar-refractivity contribution in [3.8, 4) is 0 Å². The molecule has 10 nitrogen and oxygen atoms in total. The van der Waals surface area contributed by atoms with Gasteiger partial charge in [-0.05, 0) is 55.8 Å². The number of esters is 2. The van der Waals surface area contributed by atoms with Crippen molar-refractivity contribution >= 4 is 40.9 Å². The molecule has 0 aliphatic carbocycles. The zero-order chi connectivity index (χ0) is 24.1. The van der Waals surface area contributed by atoms with Gasteiger partial charge in [-0.25, -0.2) is 14.4 Å². The maximum absolute atomic E-state index is 13.2. The number of carbonyl (C=O) groups excluding carboxylic acids is 3. The maximum atomic E-state index is 13.2. The van der Waals surface area contributed by atoms with Gasteiger partial charge in [0.05, 0.1) is 35.4 Å². The molecule has 0 aromatic heterocycles. The van der Waals surface area contributed by atoms with Crippen LogP contribution in [0.4, 0.5) is 16.2 Å². The first kappa shape index (κ1) is 23.7. The Bertz CT molecular complexity index is 1110. The van der Waals surface area contributed by atoms with Gasteiger partial charge >= 0.3 is 18.0 Å². The smallest absolute Gasteiger partial charge is 0.356 e. The van der Waals surface area contributed by atoms with E-state index in [1.807, 2.05) is 0 Å². The number of nitrogens with one attached hydrogen (secondary N) is 1. The molecule has 0 saturated heterocycles. The van der Waals surface area contributed by atoms with E-state index >= 15 is 0 Å². The molecule has 33 heavy (non-hydrogen) atoms. The fourth-order valence-electron chi connectivity index (χ4n) is 3.32. The van der Waals surface area contributed by atoms with Gasteiger partial charge in [0.1, 0.15) is 5.70 Å². The Morgan fingerprint density at radius 2 is 1.61 bits per heavy atom. The van der Waals surface area contributed by atoms with Crippen molar-refractivity contribution in [2.45, 2.75) is 19.9 Å².